The second kappa shape index (κ2) is 8.55. The Labute approximate surface area is 133 Å². The number of carbonyl (C=O) groups is 2. The number of hydrogen-bond acceptors (Lipinski definition) is 2. The SMILES string of the molecule is CCC(CC(C)C(=O)Nc1ccccc1)C(=O)NCC(F)(F)F. The summed E-state index contributed by atoms with van der Waals surface area (Å²) in [6.07, 6.45) is -3.88. The van der Waals surface area contributed by atoms with Crippen LogP contribution in [0.25, 0.3) is 0 Å². The van der Waals surface area contributed by atoms with E-state index in [0.29, 0.717) is 12.1 Å². The van der Waals surface area contributed by atoms with Gasteiger partial charge in [0.25, 0.3) is 0 Å². The molecule has 2 atom stereocenters. The molecule has 0 radical (unpaired) electrons. The Morgan fingerprint density at radius 2 is 1.74 bits per heavy atom. The topological polar surface area (TPSA) is 58.2 Å². The Bertz CT molecular complexity index is 518. The largest absolute Gasteiger partial charge is 0.405 e. The van der Waals surface area contributed by atoms with Crippen molar-refractivity contribution in [2.75, 3.05) is 11.9 Å². The molecule has 0 aliphatic rings. The molecule has 7 heteroatoms. The van der Waals surface area contributed by atoms with Crippen LogP contribution in [0.1, 0.15) is 26.7 Å². The molecule has 2 unspecified atom stereocenters. The standard InChI is InChI=1S/C16H21F3N2O2/c1-3-12(15(23)20-10-16(17,18)19)9-11(2)14(22)21-13-7-5-4-6-8-13/h4-8,11-12H,3,9-10H2,1-2H3,(H,20,23)(H,21,22). The van der Waals surface area contributed by atoms with Crippen molar-refractivity contribution < 1.29 is 22.8 Å². The third-order valence-electron chi connectivity index (χ3n) is 3.45. The highest BCUT2D eigenvalue weighted by Crippen LogP contribution is 2.19. The van der Waals surface area contributed by atoms with Crippen LogP contribution in [0, 0.1) is 11.8 Å². The number of rotatable bonds is 7. The number of halogens is 3. The lowest BCUT2D eigenvalue weighted by molar-refractivity contribution is -0.141. The normalized spacial score (nSPS) is 14.0. The molecule has 0 bridgehead atoms. The Balaban J connectivity index is 2.53. The molecule has 0 saturated heterocycles. The molecule has 0 aliphatic carbocycles. The minimum Gasteiger partial charge on any atom is -0.347 e. The zero-order valence-corrected chi connectivity index (χ0v) is 13.1. The van der Waals surface area contributed by atoms with Crippen LogP contribution in [0.4, 0.5) is 18.9 Å². The van der Waals surface area contributed by atoms with Crippen LogP contribution in [-0.4, -0.2) is 24.5 Å². The van der Waals surface area contributed by atoms with Crippen molar-refractivity contribution in [1.29, 1.82) is 0 Å². The van der Waals surface area contributed by atoms with Crippen molar-refractivity contribution in [2.24, 2.45) is 11.8 Å². The summed E-state index contributed by atoms with van der Waals surface area (Å²) in [5.74, 6) is -2.06. The summed E-state index contributed by atoms with van der Waals surface area (Å²) >= 11 is 0. The number of alkyl halides is 3. The van der Waals surface area contributed by atoms with E-state index in [9.17, 15) is 22.8 Å². The molecule has 0 heterocycles. The lowest BCUT2D eigenvalue weighted by atomic mass is 9.92. The van der Waals surface area contributed by atoms with Crippen LogP contribution >= 0.6 is 0 Å². The van der Waals surface area contributed by atoms with Crippen LogP contribution in [0.5, 0.6) is 0 Å². The first kappa shape index (κ1) is 19.0. The Kier molecular flexibility index (Phi) is 7.06. The number of amides is 2. The molecule has 0 saturated carbocycles. The molecule has 0 aromatic heterocycles. The molecule has 2 amide bonds. The van der Waals surface area contributed by atoms with Crippen LogP contribution in [0.2, 0.25) is 0 Å². The van der Waals surface area contributed by atoms with E-state index in [1.165, 1.54) is 0 Å². The summed E-state index contributed by atoms with van der Waals surface area (Å²) in [5, 5.41) is 4.59. The molecule has 4 nitrogen and oxygen atoms in total. The lowest BCUT2D eigenvalue weighted by Crippen LogP contribution is -2.38. The Morgan fingerprint density at radius 3 is 2.26 bits per heavy atom. The number of hydrogen-bond donors (Lipinski definition) is 2. The average Bonchev–Trinajstić information content (AvgIpc) is 2.50. The Hall–Kier alpha value is -2.05. The van der Waals surface area contributed by atoms with E-state index in [4.69, 9.17) is 0 Å². The highest BCUT2D eigenvalue weighted by atomic mass is 19.4. The van der Waals surface area contributed by atoms with Crippen molar-refractivity contribution in [3.8, 4) is 0 Å². The molecule has 0 fully saturated rings. The van der Waals surface area contributed by atoms with Crippen LogP contribution < -0.4 is 10.6 Å². The number of anilines is 1. The predicted molar refractivity (Wildman–Crippen MR) is 81.7 cm³/mol. The van der Waals surface area contributed by atoms with E-state index in [1.807, 2.05) is 11.4 Å². The smallest absolute Gasteiger partial charge is 0.347 e. The summed E-state index contributed by atoms with van der Waals surface area (Å²) < 4.78 is 36.4. The number of para-hydroxylation sites is 1. The van der Waals surface area contributed by atoms with Crippen molar-refractivity contribution in [3.63, 3.8) is 0 Å². The van der Waals surface area contributed by atoms with Crippen molar-refractivity contribution >= 4 is 17.5 Å². The van der Waals surface area contributed by atoms with E-state index in [-0.39, 0.29) is 12.3 Å². The van der Waals surface area contributed by atoms with Gasteiger partial charge in [-0.3, -0.25) is 9.59 Å². The second-order valence-corrected chi connectivity index (χ2v) is 5.43. The molecule has 128 valence electrons. The Morgan fingerprint density at radius 1 is 1.13 bits per heavy atom. The maximum Gasteiger partial charge on any atom is 0.405 e. The first-order valence-electron chi connectivity index (χ1n) is 7.43. The molecule has 1 rings (SSSR count). The summed E-state index contributed by atoms with van der Waals surface area (Å²) in [4.78, 5) is 23.9. The van der Waals surface area contributed by atoms with Crippen molar-refractivity contribution in [3.05, 3.63) is 30.3 Å². The first-order chi connectivity index (χ1) is 10.7. The highest BCUT2D eigenvalue weighted by Gasteiger charge is 2.30. The second-order valence-electron chi connectivity index (χ2n) is 5.43. The zero-order chi connectivity index (χ0) is 17.5. The van der Waals surface area contributed by atoms with Gasteiger partial charge in [-0.1, -0.05) is 32.0 Å². The third-order valence-corrected chi connectivity index (χ3v) is 3.45. The van der Waals surface area contributed by atoms with E-state index in [1.54, 1.807) is 38.1 Å². The highest BCUT2D eigenvalue weighted by molar-refractivity contribution is 5.92. The van der Waals surface area contributed by atoms with Gasteiger partial charge in [-0.05, 0) is 25.0 Å². The molecule has 0 spiro atoms. The van der Waals surface area contributed by atoms with Gasteiger partial charge in [0.15, 0.2) is 0 Å². The molecule has 1 aromatic rings. The monoisotopic (exact) mass is 330 g/mol. The fourth-order valence-corrected chi connectivity index (χ4v) is 2.11. The molecule has 23 heavy (non-hydrogen) atoms. The fraction of sp³-hybridized carbons (Fsp3) is 0.500. The molecule has 0 aliphatic heterocycles. The van der Waals surface area contributed by atoms with Crippen LogP contribution in [-0.2, 0) is 9.59 Å². The van der Waals surface area contributed by atoms with Crippen molar-refractivity contribution in [2.45, 2.75) is 32.9 Å². The number of nitrogens with one attached hydrogen (secondary N) is 2. The fourth-order valence-electron chi connectivity index (χ4n) is 2.11. The van der Waals surface area contributed by atoms with E-state index < -0.39 is 30.5 Å². The van der Waals surface area contributed by atoms with Crippen LogP contribution in [0.15, 0.2) is 30.3 Å². The summed E-state index contributed by atoms with van der Waals surface area (Å²) in [6, 6.07) is 8.84. The summed E-state index contributed by atoms with van der Waals surface area (Å²) in [6.45, 7) is 2.00. The van der Waals surface area contributed by atoms with Gasteiger partial charge < -0.3 is 10.6 Å². The molecule has 2 N–H and O–H groups in total. The van der Waals surface area contributed by atoms with E-state index >= 15 is 0 Å². The maximum absolute atomic E-state index is 12.1. The molecular formula is C16H21F3N2O2. The number of carbonyl (C=O) groups excluding carboxylic acids is 2. The quantitative estimate of drug-likeness (QED) is 0.805. The van der Waals surface area contributed by atoms with Gasteiger partial charge in [-0.2, -0.15) is 13.2 Å². The van der Waals surface area contributed by atoms with Gasteiger partial charge >= 0.3 is 6.18 Å². The van der Waals surface area contributed by atoms with Gasteiger partial charge in [0.2, 0.25) is 11.8 Å². The number of benzene rings is 1. The molecular weight excluding hydrogens is 309 g/mol. The van der Waals surface area contributed by atoms with Gasteiger partial charge in [0, 0.05) is 17.5 Å². The lowest BCUT2D eigenvalue weighted by Gasteiger charge is -2.19. The third kappa shape index (κ3) is 7.17. The minimum absolute atomic E-state index is 0.193. The average molecular weight is 330 g/mol. The summed E-state index contributed by atoms with van der Waals surface area (Å²) in [5.41, 5.74) is 0.638. The minimum atomic E-state index is -4.44. The zero-order valence-electron chi connectivity index (χ0n) is 13.1. The van der Waals surface area contributed by atoms with Gasteiger partial charge in [-0.15, -0.1) is 0 Å². The summed E-state index contributed by atoms with van der Waals surface area (Å²) in [7, 11) is 0. The maximum atomic E-state index is 12.1. The van der Waals surface area contributed by atoms with E-state index in [0.717, 1.165) is 0 Å². The van der Waals surface area contributed by atoms with Gasteiger partial charge in [0.1, 0.15) is 6.54 Å². The van der Waals surface area contributed by atoms with Gasteiger partial charge in [0.05, 0.1) is 0 Å². The molecule has 1 aromatic carbocycles. The first-order valence-corrected chi connectivity index (χ1v) is 7.43. The predicted octanol–water partition coefficient (Wildman–Crippen LogP) is 3.36. The van der Waals surface area contributed by atoms with Gasteiger partial charge in [-0.25, -0.2) is 0 Å². The van der Waals surface area contributed by atoms with E-state index in [2.05, 4.69) is 5.32 Å². The van der Waals surface area contributed by atoms with Crippen molar-refractivity contribution in [1.82, 2.24) is 5.32 Å². The van der Waals surface area contributed by atoms with Crippen LogP contribution in [0.3, 0.4) is 0 Å².